The lowest BCUT2D eigenvalue weighted by atomic mass is 10.1. The average molecular weight is 191 g/mol. The summed E-state index contributed by atoms with van der Waals surface area (Å²) in [4.78, 5) is 21.7. The fourth-order valence-corrected chi connectivity index (χ4v) is 1.56. The van der Waals surface area contributed by atoms with Crippen molar-refractivity contribution < 1.29 is 14.3 Å². The number of hydrogen-bond acceptors (Lipinski definition) is 3. The Morgan fingerprint density at radius 1 is 1.50 bits per heavy atom. The van der Waals surface area contributed by atoms with E-state index in [1.807, 2.05) is 0 Å². The Kier molecular flexibility index (Phi) is 1.96. The minimum Gasteiger partial charge on any atom is -0.495 e. The van der Waals surface area contributed by atoms with Crippen molar-refractivity contribution in [2.45, 2.75) is 6.42 Å². The molecule has 0 radical (unpaired) electrons. The van der Waals surface area contributed by atoms with Crippen LogP contribution in [0, 0.1) is 0 Å². The van der Waals surface area contributed by atoms with Gasteiger partial charge in [-0.3, -0.25) is 9.59 Å². The first kappa shape index (κ1) is 8.74. The van der Waals surface area contributed by atoms with E-state index in [4.69, 9.17) is 4.74 Å². The quantitative estimate of drug-likeness (QED) is 0.709. The van der Waals surface area contributed by atoms with Crippen LogP contribution in [-0.4, -0.2) is 19.3 Å². The van der Waals surface area contributed by atoms with Gasteiger partial charge in [0.1, 0.15) is 12.0 Å². The monoisotopic (exact) mass is 191 g/mol. The third kappa shape index (κ3) is 1.25. The van der Waals surface area contributed by atoms with Gasteiger partial charge in [-0.2, -0.15) is 0 Å². The van der Waals surface area contributed by atoms with Crippen LogP contribution in [0.15, 0.2) is 12.1 Å². The molecule has 2 rings (SSSR count). The number of ether oxygens (including phenoxy) is 1. The molecule has 0 unspecified atom stereocenters. The molecule has 0 atom stereocenters. The number of nitrogens with one attached hydrogen (secondary N) is 1. The molecule has 0 fully saturated rings. The number of anilines is 1. The molecule has 0 aliphatic carbocycles. The molecule has 0 bridgehead atoms. The van der Waals surface area contributed by atoms with Crippen molar-refractivity contribution in [2.75, 3.05) is 12.4 Å². The minimum atomic E-state index is -0.0682. The molecular weight excluding hydrogens is 182 g/mol. The first-order valence-corrected chi connectivity index (χ1v) is 4.20. The van der Waals surface area contributed by atoms with Crippen LogP contribution in [0.4, 0.5) is 5.69 Å². The minimum absolute atomic E-state index is 0.0682. The molecule has 4 heteroatoms. The van der Waals surface area contributed by atoms with Gasteiger partial charge >= 0.3 is 0 Å². The van der Waals surface area contributed by atoms with Crippen LogP contribution in [0.5, 0.6) is 5.75 Å². The number of methoxy groups -OCH3 is 1. The molecule has 1 aliphatic heterocycles. The van der Waals surface area contributed by atoms with Crippen molar-refractivity contribution in [3.05, 3.63) is 23.3 Å². The predicted molar refractivity (Wildman–Crippen MR) is 50.7 cm³/mol. The summed E-state index contributed by atoms with van der Waals surface area (Å²) in [5, 5.41) is 2.69. The van der Waals surface area contributed by atoms with Gasteiger partial charge < -0.3 is 10.1 Å². The summed E-state index contributed by atoms with van der Waals surface area (Å²) in [6, 6.07) is 3.31. The van der Waals surface area contributed by atoms with Crippen LogP contribution in [0.1, 0.15) is 15.9 Å². The van der Waals surface area contributed by atoms with Crippen LogP contribution >= 0.6 is 0 Å². The summed E-state index contributed by atoms with van der Waals surface area (Å²) in [6.07, 6.45) is 1.05. The van der Waals surface area contributed by atoms with Gasteiger partial charge in [-0.15, -0.1) is 0 Å². The van der Waals surface area contributed by atoms with E-state index in [0.29, 0.717) is 23.4 Å². The highest BCUT2D eigenvalue weighted by Gasteiger charge is 2.22. The summed E-state index contributed by atoms with van der Waals surface area (Å²) >= 11 is 0. The number of aldehydes is 1. The SMILES string of the molecule is COc1cc(C=O)cc2c1NC(=O)C2. The van der Waals surface area contributed by atoms with Crippen LogP contribution in [0.3, 0.4) is 0 Å². The lowest BCUT2D eigenvalue weighted by molar-refractivity contribution is -0.115. The number of carbonyl (C=O) groups excluding carboxylic acids is 2. The molecule has 4 nitrogen and oxygen atoms in total. The lowest BCUT2D eigenvalue weighted by Gasteiger charge is -2.07. The topological polar surface area (TPSA) is 55.4 Å². The van der Waals surface area contributed by atoms with Crippen molar-refractivity contribution in [1.29, 1.82) is 0 Å². The Labute approximate surface area is 80.9 Å². The normalized spacial score (nSPS) is 13.4. The smallest absolute Gasteiger partial charge is 0.228 e. The highest BCUT2D eigenvalue weighted by molar-refractivity contribution is 6.01. The standard InChI is InChI=1S/C10H9NO3/c1-14-8-3-6(5-12)2-7-4-9(13)11-10(7)8/h2-3,5H,4H2,1H3,(H,11,13). The van der Waals surface area contributed by atoms with Gasteiger partial charge in [-0.25, -0.2) is 0 Å². The first-order valence-electron chi connectivity index (χ1n) is 4.20. The van der Waals surface area contributed by atoms with Gasteiger partial charge in [-0.1, -0.05) is 0 Å². The zero-order valence-corrected chi connectivity index (χ0v) is 7.66. The number of hydrogen-bond donors (Lipinski definition) is 1. The zero-order chi connectivity index (χ0) is 10.1. The maximum atomic E-state index is 11.1. The second kappa shape index (κ2) is 3.14. The van der Waals surface area contributed by atoms with Gasteiger partial charge in [0.25, 0.3) is 0 Å². The van der Waals surface area contributed by atoms with Gasteiger partial charge in [0.05, 0.1) is 19.2 Å². The molecule has 1 N–H and O–H groups in total. The lowest BCUT2D eigenvalue weighted by Crippen LogP contribution is -2.04. The van der Waals surface area contributed by atoms with Crippen molar-refractivity contribution in [1.82, 2.24) is 0 Å². The molecule has 1 aromatic rings. The molecule has 1 aliphatic rings. The van der Waals surface area contributed by atoms with Crippen molar-refractivity contribution in [3.8, 4) is 5.75 Å². The van der Waals surface area contributed by atoms with Crippen LogP contribution < -0.4 is 10.1 Å². The zero-order valence-electron chi connectivity index (χ0n) is 7.66. The third-order valence-electron chi connectivity index (χ3n) is 2.18. The first-order chi connectivity index (χ1) is 6.74. The number of fused-ring (bicyclic) bond motifs is 1. The Balaban J connectivity index is 2.57. The maximum absolute atomic E-state index is 11.1. The van der Waals surface area contributed by atoms with E-state index in [2.05, 4.69) is 5.32 Å². The molecule has 14 heavy (non-hydrogen) atoms. The van der Waals surface area contributed by atoms with E-state index in [1.165, 1.54) is 7.11 Å². The fourth-order valence-electron chi connectivity index (χ4n) is 1.56. The maximum Gasteiger partial charge on any atom is 0.228 e. The molecule has 1 heterocycles. The van der Waals surface area contributed by atoms with Gasteiger partial charge in [0.15, 0.2) is 0 Å². The van der Waals surface area contributed by atoms with E-state index in [1.54, 1.807) is 12.1 Å². The molecule has 0 aromatic heterocycles. The highest BCUT2D eigenvalue weighted by Crippen LogP contribution is 2.33. The number of amides is 1. The molecule has 72 valence electrons. The summed E-state index contributed by atoms with van der Waals surface area (Å²) < 4.78 is 5.07. The average Bonchev–Trinajstić information content (AvgIpc) is 2.56. The van der Waals surface area contributed by atoms with E-state index in [0.717, 1.165) is 11.8 Å². The van der Waals surface area contributed by atoms with E-state index >= 15 is 0 Å². The van der Waals surface area contributed by atoms with Crippen LogP contribution in [0.2, 0.25) is 0 Å². The summed E-state index contributed by atoms with van der Waals surface area (Å²) in [5.74, 6) is 0.469. The second-order valence-electron chi connectivity index (χ2n) is 3.10. The Hall–Kier alpha value is -1.84. The Bertz CT molecular complexity index is 412. The number of rotatable bonds is 2. The van der Waals surface area contributed by atoms with Crippen molar-refractivity contribution in [3.63, 3.8) is 0 Å². The fraction of sp³-hybridized carbons (Fsp3) is 0.200. The van der Waals surface area contributed by atoms with Gasteiger partial charge in [0.2, 0.25) is 5.91 Å². The molecule has 1 aromatic carbocycles. The van der Waals surface area contributed by atoms with Crippen LogP contribution in [-0.2, 0) is 11.2 Å². The summed E-state index contributed by atoms with van der Waals surface area (Å²) in [6.45, 7) is 0. The Morgan fingerprint density at radius 3 is 2.93 bits per heavy atom. The summed E-state index contributed by atoms with van der Waals surface area (Å²) in [7, 11) is 1.51. The van der Waals surface area contributed by atoms with E-state index in [-0.39, 0.29) is 5.91 Å². The van der Waals surface area contributed by atoms with E-state index in [9.17, 15) is 9.59 Å². The van der Waals surface area contributed by atoms with Crippen molar-refractivity contribution in [2.24, 2.45) is 0 Å². The molecule has 0 saturated carbocycles. The molecular formula is C10H9NO3. The van der Waals surface area contributed by atoms with Gasteiger partial charge in [0, 0.05) is 5.56 Å². The van der Waals surface area contributed by atoms with Gasteiger partial charge in [-0.05, 0) is 17.7 Å². The Morgan fingerprint density at radius 2 is 2.29 bits per heavy atom. The third-order valence-corrected chi connectivity index (χ3v) is 2.18. The van der Waals surface area contributed by atoms with Crippen molar-refractivity contribution >= 4 is 17.9 Å². The summed E-state index contributed by atoms with van der Waals surface area (Å²) in [5.41, 5.74) is 2.02. The van der Waals surface area contributed by atoms with Crippen LogP contribution in [0.25, 0.3) is 0 Å². The number of carbonyl (C=O) groups is 2. The highest BCUT2D eigenvalue weighted by atomic mass is 16.5. The molecule has 0 saturated heterocycles. The predicted octanol–water partition coefficient (Wildman–Crippen LogP) is 1.00. The number of benzene rings is 1. The van der Waals surface area contributed by atoms with E-state index < -0.39 is 0 Å². The molecule has 0 spiro atoms. The largest absolute Gasteiger partial charge is 0.495 e. The second-order valence-corrected chi connectivity index (χ2v) is 3.10. The molecule has 1 amide bonds.